The van der Waals surface area contributed by atoms with Gasteiger partial charge >= 0.3 is 0 Å². The van der Waals surface area contributed by atoms with Gasteiger partial charge < -0.3 is 4.57 Å². The number of nitrogens with zero attached hydrogens (tertiary/aromatic N) is 1. The molecule has 0 amide bonds. The second-order valence-electron chi connectivity index (χ2n) is 15.9. The highest BCUT2D eigenvalue weighted by Gasteiger charge is 2.33. The number of hydrogen-bond donors (Lipinski definition) is 0. The van der Waals surface area contributed by atoms with Gasteiger partial charge in [0, 0.05) is 84.1 Å². The summed E-state index contributed by atoms with van der Waals surface area (Å²) in [6, 6.07) is 53.9. The summed E-state index contributed by atoms with van der Waals surface area (Å²) in [7, 11) is 0. The Bertz CT molecular complexity index is 3650. The number of hydrogen-bond acceptors (Lipinski definition) is 0. The first-order valence-electron chi connectivity index (χ1n) is 20.3. The molecule has 0 unspecified atom stereocenters. The molecule has 11 aromatic carbocycles. The van der Waals surface area contributed by atoms with Crippen molar-refractivity contribution in [3.8, 4) is 5.69 Å². The molecule has 0 atom stereocenters. The fourth-order valence-corrected chi connectivity index (χ4v) is 12.8. The summed E-state index contributed by atoms with van der Waals surface area (Å²) in [5.41, 5.74) is 3.96. The molecular formula is C55H26Cl8N. The Kier molecular flexibility index (Phi) is 9.74. The molecule has 0 spiro atoms. The van der Waals surface area contributed by atoms with Gasteiger partial charge in [-0.3, -0.25) is 0 Å². The molecule has 1 nitrogen and oxygen atoms in total. The maximum absolute atomic E-state index is 7.55. The molecule has 1 radical (unpaired) electrons. The summed E-state index contributed by atoms with van der Waals surface area (Å²) in [6.45, 7) is 0. The van der Waals surface area contributed by atoms with E-state index >= 15 is 0 Å². The van der Waals surface area contributed by atoms with Crippen LogP contribution in [0.2, 0.25) is 40.2 Å². The van der Waals surface area contributed by atoms with Gasteiger partial charge in [0.25, 0.3) is 0 Å². The number of halogens is 8. The summed E-state index contributed by atoms with van der Waals surface area (Å²) in [5, 5.41) is 18.8. The molecule has 0 aliphatic rings. The molecule has 0 aliphatic carbocycles. The van der Waals surface area contributed by atoms with Crippen molar-refractivity contribution in [1.82, 2.24) is 4.57 Å². The van der Waals surface area contributed by atoms with Crippen LogP contribution in [0.25, 0.3) is 92.1 Å². The molecule has 0 bridgehead atoms. The Hall–Kier alpha value is -4.90. The van der Waals surface area contributed by atoms with E-state index in [-0.39, 0.29) is 20.1 Å². The van der Waals surface area contributed by atoms with Gasteiger partial charge in [-0.15, -0.1) is 0 Å². The summed E-state index contributed by atoms with van der Waals surface area (Å²) in [4.78, 5) is 0. The molecule has 12 aromatic rings. The molecular weight excluding hydrogens is 958 g/mol. The van der Waals surface area contributed by atoms with Crippen molar-refractivity contribution in [3.05, 3.63) is 221 Å². The van der Waals surface area contributed by atoms with Crippen LogP contribution in [0.5, 0.6) is 0 Å². The number of rotatable bonds is 4. The molecule has 0 saturated heterocycles. The molecule has 0 N–H and O–H groups in total. The third-order valence-electron chi connectivity index (χ3n) is 12.6. The Morgan fingerprint density at radius 3 is 0.875 bits per heavy atom. The van der Waals surface area contributed by atoms with Gasteiger partial charge in [0.1, 0.15) is 0 Å². The quantitative estimate of drug-likeness (QED) is 0.122. The van der Waals surface area contributed by atoms with Crippen LogP contribution in [-0.4, -0.2) is 4.57 Å². The highest BCUT2D eigenvalue weighted by molar-refractivity contribution is 6.45. The van der Waals surface area contributed by atoms with E-state index in [4.69, 9.17) is 92.8 Å². The monoisotopic (exact) mass is 980 g/mol. The highest BCUT2D eigenvalue weighted by atomic mass is 35.5. The Morgan fingerprint density at radius 1 is 0.281 bits per heavy atom. The molecule has 1 heterocycles. The lowest BCUT2D eigenvalue weighted by molar-refractivity contribution is 1.16. The minimum atomic E-state index is 0.256. The fourth-order valence-electron chi connectivity index (χ4n) is 10.1. The zero-order valence-corrected chi connectivity index (χ0v) is 39.0. The van der Waals surface area contributed by atoms with Crippen molar-refractivity contribution >= 4 is 179 Å². The van der Waals surface area contributed by atoms with E-state index in [2.05, 4.69) is 126 Å². The second-order valence-corrected chi connectivity index (χ2v) is 19.2. The van der Waals surface area contributed by atoms with E-state index in [0.29, 0.717) is 42.7 Å². The van der Waals surface area contributed by atoms with E-state index in [1.54, 1.807) is 24.3 Å². The van der Waals surface area contributed by atoms with Crippen molar-refractivity contribution in [3.63, 3.8) is 0 Å². The third-order valence-corrected chi connectivity index (χ3v) is 14.8. The maximum atomic E-state index is 7.55. The SMILES string of the molecule is Clc1cc(Cl)c([C](c2c(Cl)cc(Cl)cc2Cl)c2c(Cl)cc(-n3c4ccc5c6ccccc6c6ccccc6c5c4c4c5c6ccccc6c6ccccc6c5ccc43)cc2Cl)c(Cl)c1. The van der Waals surface area contributed by atoms with E-state index < -0.39 is 0 Å². The zero-order valence-electron chi connectivity index (χ0n) is 33.0. The summed E-state index contributed by atoms with van der Waals surface area (Å²) in [6.07, 6.45) is 0. The average molecular weight is 984 g/mol. The van der Waals surface area contributed by atoms with Crippen molar-refractivity contribution in [2.45, 2.75) is 0 Å². The lowest BCUT2D eigenvalue weighted by Gasteiger charge is -2.25. The van der Waals surface area contributed by atoms with Crippen molar-refractivity contribution in [2.24, 2.45) is 0 Å². The number of benzene rings is 11. The fraction of sp³-hybridized carbons (Fsp3) is 0. The molecule has 9 heteroatoms. The van der Waals surface area contributed by atoms with Crippen LogP contribution >= 0.6 is 92.8 Å². The minimum absolute atomic E-state index is 0.256. The Labute approximate surface area is 406 Å². The van der Waals surface area contributed by atoms with Crippen LogP contribution in [0.3, 0.4) is 0 Å². The molecule has 307 valence electrons. The topological polar surface area (TPSA) is 4.93 Å². The van der Waals surface area contributed by atoms with Gasteiger partial charge in [-0.05, 0) is 102 Å². The first-order chi connectivity index (χ1) is 31.1. The van der Waals surface area contributed by atoms with Gasteiger partial charge in [0.15, 0.2) is 0 Å². The largest absolute Gasteiger partial charge is 0.309 e. The van der Waals surface area contributed by atoms with E-state index in [9.17, 15) is 0 Å². The van der Waals surface area contributed by atoms with Crippen LogP contribution < -0.4 is 0 Å². The predicted octanol–water partition coefficient (Wildman–Crippen LogP) is 19.9. The summed E-state index contributed by atoms with van der Waals surface area (Å²) >= 11 is 55.9. The van der Waals surface area contributed by atoms with Gasteiger partial charge in [0.05, 0.1) is 17.0 Å². The lowest BCUT2D eigenvalue weighted by Crippen LogP contribution is -2.10. The van der Waals surface area contributed by atoms with Crippen molar-refractivity contribution in [1.29, 1.82) is 0 Å². The van der Waals surface area contributed by atoms with Gasteiger partial charge in [-0.1, -0.05) is 202 Å². The standard InChI is InChI=1S/C55H26Cl8N/c56-27-21-40(58)50(41(59)22-27)55(51-42(60)23-28(57)24-43(51)61)52-44(62)25-29(26-45(52)63)64-46-19-17-38-34-13-3-1-9-30(34)32-11-5-7-15-36(32)48(38)53(46)54-47(64)20-18-39-35-14-4-2-10-31(35)33-12-6-8-16-37(33)49(39)54/h1-26H. The Morgan fingerprint density at radius 2 is 0.547 bits per heavy atom. The Balaban J connectivity index is 1.25. The van der Waals surface area contributed by atoms with Crippen LogP contribution in [-0.2, 0) is 0 Å². The van der Waals surface area contributed by atoms with Crippen LogP contribution in [0.1, 0.15) is 16.7 Å². The third kappa shape index (κ3) is 6.00. The number of aromatic nitrogens is 1. The summed E-state index contributed by atoms with van der Waals surface area (Å²) in [5.74, 6) is 0.427. The molecule has 0 fully saturated rings. The molecule has 0 saturated carbocycles. The van der Waals surface area contributed by atoms with E-state index in [0.717, 1.165) is 27.5 Å². The predicted molar refractivity (Wildman–Crippen MR) is 279 cm³/mol. The normalized spacial score (nSPS) is 12.2. The lowest BCUT2D eigenvalue weighted by atomic mass is 9.84. The van der Waals surface area contributed by atoms with Crippen molar-refractivity contribution < 1.29 is 0 Å². The van der Waals surface area contributed by atoms with Crippen LogP contribution in [0, 0.1) is 5.92 Å². The first-order valence-corrected chi connectivity index (χ1v) is 23.3. The average Bonchev–Trinajstić information content (AvgIpc) is 3.62. The van der Waals surface area contributed by atoms with E-state index in [1.165, 1.54) is 64.6 Å². The zero-order chi connectivity index (χ0) is 43.7. The first kappa shape index (κ1) is 40.6. The van der Waals surface area contributed by atoms with Gasteiger partial charge in [-0.2, -0.15) is 0 Å². The minimum Gasteiger partial charge on any atom is -0.309 e. The smallest absolute Gasteiger partial charge is 0.0720 e. The van der Waals surface area contributed by atoms with Crippen LogP contribution in [0.4, 0.5) is 0 Å². The van der Waals surface area contributed by atoms with E-state index in [1.807, 2.05) is 12.1 Å². The molecule has 64 heavy (non-hydrogen) atoms. The maximum Gasteiger partial charge on any atom is 0.0720 e. The highest BCUT2D eigenvalue weighted by Crippen LogP contribution is 2.52. The molecule has 0 aliphatic heterocycles. The van der Waals surface area contributed by atoms with Crippen molar-refractivity contribution in [2.75, 3.05) is 0 Å². The second kappa shape index (κ2) is 15.3. The molecule has 12 rings (SSSR count). The number of fused-ring (bicyclic) bond motifs is 17. The van der Waals surface area contributed by atoms with Gasteiger partial charge in [-0.25, -0.2) is 0 Å². The summed E-state index contributed by atoms with van der Waals surface area (Å²) < 4.78 is 2.27. The van der Waals surface area contributed by atoms with Crippen LogP contribution in [0.15, 0.2) is 158 Å². The van der Waals surface area contributed by atoms with Gasteiger partial charge in [0.2, 0.25) is 0 Å². The molecule has 1 aromatic heterocycles.